The summed E-state index contributed by atoms with van der Waals surface area (Å²) in [7, 11) is 1.52. The summed E-state index contributed by atoms with van der Waals surface area (Å²) < 4.78 is 1.30. The van der Waals surface area contributed by atoms with Crippen molar-refractivity contribution in [3.05, 3.63) is 21.6 Å². The molecule has 3 rings (SSSR count). The van der Waals surface area contributed by atoms with Gasteiger partial charge in [-0.25, -0.2) is 4.98 Å². The highest BCUT2D eigenvalue weighted by Gasteiger charge is 2.24. The lowest BCUT2D eigenvalue weighted by Crippen LogP contribution is -2.40. The smallest absolute Gasteiger partial charge is 0.292 e. The van der Waals surface area contributed by atoms with Gasteiger partial charge >= 0.3 is 0 Å². The van der Waals surface area contributed by atoms with Crippen molar-refractivity contribution < 1.29 is 4.84 Å². The molecule has 0 bridgehead atoms. The van der Waals surface area contributed by atoms with Gasteiger partial charge in [0.05, 0.1) is 11.3 Å². The Morgan fingerprint density at radius 1 is 1.36 bits per heavy atom. The molecule has 0 spiro atoms. The Morgan fingerprint density at radius 3 is 2.86 bits per heavy atom. The molecule has 2 aliphatic rings. The minimum absolute atomic E-state index is 0.0990. The van der Waals surface area contributed by atoms with Gasteiger partial charge in [-0.05, 0) is 25.7 Å². The van der Waals surface area contributed by atoms with E-state index in [1.54, 1.807) is 0 Å². The fourth-order valence-corrected chi connectivity index (χ4v) is 3.60. The zero-order chi connectivity index (χ0) is 15.5. The first-order valence-corrected chi connectivity index (χ1v) is 8.37. The lowest BCUT2D eigenvalue weighted by Gasteiger charge is -2.29. The van der Waals surface area contributed by atoms with Crippen LogP contribution in [0, 0.1) is 5.92 Å². The second-order valence-corrected chi connectivity index (χ2v) is 6.40. The topological polar surface area (TPSA) is 68.2 Å². The third-order valence-electron chi connectivity index (χ3n) is 4.96. The summed E-state index contributed by atoms with van der Waals surface area (Å²) in [6.07, 6.45) is 7.24. The van der Waals surface area contributed by atoms with Crippen LogP contribution in [0.15, 0.2) is 4.79 Å². The maximum Gasteiger partial charge on any atom is 0.292 e. The van der Waals surface area contributed by atoms with E-state index in [9.17, 15) is 4.79 Å². The van der Waals surface area contributed by atoms with Crippen molar-refractivity contribution in [1.82, 2.24) is 15.0 Å². The Hall–Kier alpha value is -1.56. The molecule has 1 aromatic heterocycles. The number of rotatable bonds is 4. The van der Waals surface area contributed by atoms with E-state index in [0.29, 0.717) is 24.5 Å². The zero-order valence-electron chi connectivity index (χ0n) is 13.5. The van der Waals surface area contributed by atoms with Crippen LogP contribution in [-0.4, -0.2) is 29.4 Å². The van der Waals surface area contributed by atoms with Gasteiger partial charge < -0.3 is 15.5 Å². The fraction of sp³-hybridized carbons (Fsp3) is 0.750. The van der Waals surface area contributed by atoms with Gasteiger partial charge in [0, 0.05) is 25.6 Å². The molecule has 0 radical (unpaired) electrons. The summed E-state index contributed by atoms with van der Waals surface area (Å²) in [5.74, 6) is 1.19. The highest BCUT2D eigenvalue weighted by Crippen LogP contribution is 2.27. The molecule has 2 N–H and O–H groups in total. The van der Waals surface area contributed by atoms with Crippen molar-refractivity contribution >= 4 is 5.95 Å². The number of nitrogens with zero attached hydrogens (tertiary/aromatic N) is 2. The number of fused-ring (bicyclic) bond motifs is 1. The standard InChI is InChI=1S/C16H26N4O2/c1-11(12-6-4-3-5-7-12)18-16-19-14-8-9-17-10-13(14)15(21)20(16)22-2/h11-12,17H,3-10H2,1-2H3,(H,18,19)/t11-/m1/s1. The molecule has 0 unspecified atom stereocenters. The molecule has 0 amide bonds. The predicted molar refractivity (Wildman–Crippen MR) is 86.1 cm³/mol. The molecule has 1 aliphatic carbocycles. The van der Waals surface area contributed by atoms with Crippen LogP contribution in [0.25, 0.3) is 0 Å². The van der Waals surface area contributed by atoms with E-state index in [1.807, 2.05) is 0 Å². The molecule has 22 heavy (non-hydrogen) atoms. The van der Waals surface area contributed by atoms with Crippen LogP contribution >= 0.6 is 0 Å². The van der Waals surface area contributed by atoms with E-state index in [4.69, 9.17) is 4.84 Å². The van der Waals surface area contributed by atoms with Crippen LogP contribution in [0.3, 0.4) is 0 Å². The molecule has 2 heterocycles. The molecule has 122 valence electrons. The van der Waals surface area contributed by atoms with Crippen LogP contribution in [0.2, 0.25) is 0 Å². The molecule has 1 fully saturated rings. The highest BCUT2D eigenvalue weighted by molar-refractivity contribution is 5.33. The van der Waals surface area contributed by atoms with E-state index < -0.39 is 0 Å². The molecule has 1 saturated carbocycles. The largest absolute Gasteiger partial charge is 0.411 e. The first-order valence-electron chi connectivity index (χ1n) is 8.37. The fourth-order valence-electron chi connectivity index (χ4n) is 3.60. The molecular formula is C16H26N4O2. The summed E-state index contributed by atoms with van der Waals surface area (Å²) in [6, 6.07) is 0.299. The molecule has 6 nitrogen and oxygen atoms in total. The van der Waals surface area contributed by atoms with Crippen LogP contribution in [0.4, 0.5) is 5.95 Å². The first kappa shape index (κ1) is 15.3. The Balaban J connectivity index is 1.86. The number of anilines is 1. The summed E-state index contributed by atoms with van der Waals surface area (Å²) in [5, 5.41) is 6.64. The average Bonchev–Trinajstić information content (AvgIpc) is 2.56. The molecular weight excluding hydrogens is 280 g/mol. The van der Waals surface area contributed by atoms with Crippen molar-refractivity contribution in [2.75, 3.05) is 19.0 Å². The predicted octanol–water partition coefficient (Wildman–Crippen LogP) is 1.33. The number of aromatic nitrogens is 2. The van der Waals surface area contributed by atoms with Crippen LogP contribution in [0.1, 0.15) is 50.3 Å². The van der Waals surface area contributed by atoms with Gasteiger partial charge in [0.1, 0.15) is 7.11 Å². The lowest BCUT2D eigenvalue weighted by atomic mass is 9.85. The molecule has 1 aromatic rings. The van der Waals surface area contributed by atoms with Crippen molar-refractivity contribution in [2.24, 2.45) is 5.92 Å². The Morgan fingerprint density at radius 2 is 2.14 bits per heavy atom. The molecule has 1 atom stereocenters. The summed E-state index contributed by atoms with van der Waals surface area (Å²) in [5.41, 5.74) is 1.53. The highest BCUT2D eigenvalue weighted by atomic mass is 16.7. The van der Waals surface area contributed by atoms with Gasteiger partial charge in [-0.3, -0.25) is 4.79 Å². The third kappa shape index (κ3) is 2.97. The molecule has 1 aliphatic heterocycles. The van der Waals surface area contributed by atoms with Gasteiger partial charge in [-0.1, -0.05) is 19.3 Å². The van der Waals surface area contributed by atoms with Crippen molar-refractivity contribution in [1.29, 1.82) is 0 Å². The summed E-state index contributed by atoms with van der Waals surface area (Å²) in [4.78, 5) is 22.5. The minimum atomic E-state index is -0.0990. The minimum Gasteiger partial charge on any atom is -0.411 e. The van der Waals surface area contributed by atoms with Gasteiger partial charge in [0.15, 0.2) is 0 Å². The Bertz CT molecular complexity index is 578. The van der Waals surface area contributed by atoms with E-state index >= 15 is 0 Å². The van der Waals surface area contributed by atoms with Crippen molar-refractivity contribution in [3.8, 4) is 0 Å². The van der Waals surface area contributed by atoms with Gasteiger partial charge in [0.25, 0.3) is 5.56 Å². The quantitative estimate of drug-likeness (QED) is 0.878. The maximum atomic E-state index is 12.5. The maximum absolute atomic E-state index is 12.5. The van der Waals surface area contributed by atoms with Crippen molar-refractivity contribution in [3.63, 3.8) is 0 Å². The Kier molecular flexibility index (Phi) is 4.66. The second-order valence-electron chi connectivity index (χ2n) is 6.40. The van der Waals surface area contributed by atoms with Crippen LogP contribution < -0.4 is 21.0 Å². The van der Waals surface area contributed by atoms with Gasteiger partial charge in [0.2, 0.25) is 5.95 Å². The summed E-state index contributed by atoms with van der Waals surface area (Å²) in [6.45, 7) is 3.63. The van der Waals surface area contributed by atoms with Gasteiger partial charge in [-0.2, -0.15) is 0 Å². The number of nitrogens with one attached hydrogen (secondary N) is 2. The normalized spacial score (nSPS) is 20.3. The lowest BCUT2D eigenvalue weighted by molar-refractivity contribution is 0.156. The van der Waals surface area contributed by atoms with Crippen LogP contribution in [-0.2, 0) is 13.0 Å². The first-order chi connectivity index (χ1) is 10.7. The zero-order valence-corrected chi connectivity index (χ0v) is 13.5. The van der Waals surface area contributed by atoms with Gasteiger partial charge in [-0.15, -0.1) is 4.73 Å². The van der Waals surface area contributed by atoms with Crippen molar-refractivity contribution in [2.45, 2.75) is 58.0 Å². The molecule has 6 heteroatoms. The molecule has 0 aromatic carbocycles. The second kappa shape index (κ2) is 6.69. The van der Waals surface area contributed by atoms with E-state index in [-0.39, 0.29) is 5.56 Å². The van der Waals surface area contributed by atoms with E-state index in [1.165, 1.54) is 43.9 Å². The van der Waals surface area contributed by atoms with E-state index in [0.717, 1.165) is 24.2 Å². The number of hydrogen-bond donors (Lipinski definition) is 2. The number of hydrogen-bond acceptors (Lipinski definition) is 5. The summed E-state index contributed by atoms with van der Waals surface area (Å²) >= 11 is 0. The molecule has 0 saturated heterocycles. The third-order valence-corrected chi connectivity index (χ3v) is 4.96. The monoisotopic (exact) mass is 306 g/mol. The van der Waals surface area contributed by atoms with E-state index in [2.05, 4.69) is 22.5 Å². The average molecular weight is 306 g/mol. The Labute approximate surface area is 131 Å². The SMILES string of the molecule is COn1c(N[C@H](C)C2CCCCC2)nc2c(c1=O)CNCC2. The van der Waals surface area contributed by atoms with Crippen LogP contribution in [0.5, 0.6) is 0 Å².